The highest BCUT2D eigenvalue weighted by atomic mass is 35.5. The van der Waals surface area contributed by atoms with Gasteiger partial charge in [0.05, 0.1) is 20.8 Å². The Labute approximate surface area is 175 Å². The topological polar surface area (TPSA) is 54.0 Å². The Morgan fingerprint density at radius 1 is 1.07 bits per heavy atom. The molecule has 0 atom stereocenters. The SMILES string of the molecule is COc1cc(NC(=O)CN2CCN(Cc3c(F)cccc3Cl)CC2)cc(OC)c1. The van der Waals surface area contributed by atoms with E-state index in [0.29, 0.717) is 34.3 Å². The van der Waals surface area contributed by atoms with E-state index < -0.39 is 0 Å². The van der Waals surface area contributed by atoms with Crippen molar-refractivity contribution < 1.29 is 18.7 Å². The molecule has 0 aromatic heterocycles. The highest BCUT2D eigenvalue weighted by Crippen LogP contribution is 2.26. The van der Waals surface area contributed by atoms with E-state index in [1.165, 1.54) is 6.07 Å². The molecular formula is C21H25ClFN3O3. The summed E-state index contributed by atoms with van der Waals surface area (Å²) in [6.45, 7) is 3.68. The molecule has 156 valence electrons. The molecular weight excluding hydrogens is 397 g/mol. The van der Waals surface area contributed by atoms with E-state index >= 15 is 0 Å². The van der Waals surface area contributed by atoms with Crippen LogP contribution in [0.25, 0.3) is 0 Å². The second-order valence-corrected chi connectivity index (χ2v) is 7.31. The van der Waals surface area contributed by atoms with Crippen molar-refractivity contribution in [2.75, 3.05) is 52.3 Å². The minimum atomic E-state index is -0.284. The molecule has 0 radical (unpaired) electrons. The van der Waals surface area contributed by atoms with Crippen LogP contribution >= 0.6 is 11.6 Å². The highest BCUT2D eigenvalue weighted by Gasteiger charge is 2.21. The lowest BCUT2D eigenvalue weighted by Gasteiger charge is -2.34. The number of methoxy groups -OCH3 is 2. The molecule has 0 unspecified atom stereocenters. The summed E-state index contributed by atoms with van der Waals surface area (Å²) < 4.78 is 24.4. The van der Waals surface area contributed by atoms with Gasteiger partial charge in [-0.3, -0.25) is 14.6 Å². The monoisotopic (exact) mass is 421 g/mol. The van der Waals surface area contributed by atoms with E-state index in [2.05, 4.69) is 15.1 Å². The Hall–Kier alpha value is -2.35. The van der Waals surface area contributed by atoms with Crippen LogP contribution < -0.4 is 14.8 Å². The van der Waals surface area contributed by atoms with Crippen molar-refractivity contribution >= 4 is 23.2 Å². The number of hydrogen-bond donors (Lipinski definition) is 1. The maximum Gasteiger partial charge on any atom is 0.238 e. The first-order chi connectivity index (χ1) is 14.0. The Morgan fingerprint density at radius 2 is 1.69 bits per heavy atom. The predicted octanol–water partition coefficient (Wildman–Crippen LogP) is 3.25. The number of nitrogens with zero attached hydrogens (tertiary/aromatic N) is 2. The van der Waals surface area contributed by atoms with Crippen molar-refractivity contribution in [3.05, 3.63) is 52.8 Å². The van der Waals surface area contributed by atoms with Gasteiger partial charge in [0.1, 0.15) is 17.3 Å². The van der Waals surface area contributed by atoms with Crippen LogP contribution in [0.5, 0.6) is 11.5 Å². The van der Waals surface area contributed by atoms with Crippen LogP contribution in [0.3, 0.4) is 0 Å². The van der Waals surface area contributed by atoms with Crippen LogP contribution in [-0.4, -0.2) is 62.7 Å². The highest BCUT2D eigenvalue weighted by molar-refractivity contribution is 6.31. The third-order valence-corrected chi connectivity index (χ3v) is 5.26. The van der Waals surface area contributed by atoms with E-state index in [4.69, 9.17) is 21.1 Å². The molecule has 0 aliphatic carbocycles. The van der Waals surface area contributed by atoms with Crippen LogP contribution in [0.1, 0.15) is 5.56 Å². The first-order valence-corrected chi connectivity index (χ1v) is 9.77. The number of amides is 1. The van der Waals surface area contributed by atoms with E-state index in [0.717, 1.165) is 26.2 Å². The molecule has 1 N–H and O–H groups in total. The van der Waals surface area contributed by atoms with E-state index in [1.54, 1.807) is 44.6 Å². The minimum absolute atomic E-state index is 0.106. The summed E-state index contributed by atoms with van der Waals surface area (Å²) >= 11 is 6.12. The van der Waals surface area contributed by atoms with Crippen LogP contribution in [0.4, 0.5) is 10.1 Å². The molecule has 6 nitrogen and oxygen atoms in total. The number of hydrogen-bond acceptors (Lipinski definition) is 5. The fraction of sp³-hybridized carbons (Fsp3) is 0.381. The van der Waals surface area contributed by atoms with Crippen molar-refractivity contribution in [2.24, 2.45) is 0 Å². The molecule has 2 aromatic carbocycles. The molecule has 1 aliphatic heterocycles. The molecule has 0 bridgehead atoms. The normalized spacial score (nSPS) is 15.2. The van der Waals surface area contributed by atoms with Gasteiger partial charge < -0.3 is 14.8 Å². The molecule has 8 heteroatoms. The Kier molecular flexibility index (Phi) is 7.30. The van der Waals surface area contributed by atoms with Crippen LogP contribution in [-0.2, 0) is 11.3 Å². The lowest BCUT2D eigenvalue weighted by atomic mass is 10.2. The van der Waals surface area contributed by atoms with Crippen LogP contribution in [0.2, 0.25) is 5.02 Å². The van der Waals surface area contributed by atoms with Crippen LogP contribution in [0, 0.1) is 5.82 Å². The Bertz CT molecular complexity index is 815. The van der Waals surface area contributed by atoms with Gasteiger partial charge in [0, 0.05) is 67.2 Å². The Balaban J connectivity index is 1.50. The van der Waals surface area contributed by atoms with E-state index in [1.807, 2.05) is 0 Å². The minimum Gasteiger partial charge on any atom is -0.497 e. The molecule has 1 saturated heterocycles. The molecule has 1 amide bonds. The van der Waals surface area contributed by atoms with Gasteiger partial charge in [-0.05, 0) is 12.1 Å². The summed E-state index contributed by atoms with van der Waals surface area (Å²) in [6, 6.07) is 9.98. The zero-order chi connectivity index (χ0) is 20.8. The summed E-state index contributed by atoms with van der Waals surface area (Å²) in [7, 11) is 3.13. The fourth-order valence-corrected chi connectivity index (χ4v) is 3.52. The molecule has 2 aromatic rings. The molecule has 3 rings (SSSR count). The smallest absolute Gasteiger partial charge is 0.238 e. The van der Waals surface area contributed by atoms with Gasteiger partial charge in [0.25, 0.3) is 0 Å². The summed E-state index contributed by atoms with van der Waals surface area (Å²) in [4.78, 5) is 16.6. The van der Waals surface area contributed by atoms with Gasteiger partial charge in [-0.2, -0.15) is 0 Å². The second kappa shape index (κ2) is 9.91. The van der Waals surface area contributed by atoms with Crippen LogP contribution in [0.15, 0.2) is 36.4 Å². The standard InChI is InChI=1S/C21H25ClFN3O3/c1-28-16-10-15(11-17(12-16)29-2)24-21(27)14-26-8-6-25(7-9-26)13-18-19(22)4-3-5-20(18)23/h3-5,10-12H,6-9,13-14H2,1-2H3,(H,24,27). The third-order valence-electron chi connectivity index (χ3n) is 4.91. The average molecular weight is 422 g/mol. The number of carbonyl (C=O) groups is 1. The van der Waals surface area contributed by atoms with Crippen molar-refractivity contribution in [3.63, 3.8) is 0 Å². The van der Waals surface area contributed by atoms with Crippen molar-refractivity contribution in [3.8, 4) is 11.5 Å². The van der Waals surface area contributed by atoms with E-state index in [-0.39, 0.29) is 18.3 Å². The van der Waals surface area contributed by atoms with Crippen molar-refractivity contribution in [1.82, 2.24) is 9.80 Å². The van der Waals surface area contributed by atoms with Gasteiger partial charge in [-0.25, -0.2) is 4.39 Å². The van der Waals surface area contributed by atoms with E-state index in [9.17, 15) is 9.18 Å². The van der Waals surface area contributed by atoms with Gasteiger partial charge in [-0.1, -0.05) is 17.7 Å². The third kappa shape index (κ3) is 5.82. The number of rotatable bonds is 7. The number of piperazine rings is 1. The van der Waals surface area contributed by atoms with Crippen molar-refractivity contribution in [2.45, 2.75) is 6.54 Å². The summed E-state index contributed by atoms with van der Waals surface area (Å²) in [5, 5.41) is 3.33. The maximum atomic E-state index is 14.0. The summed E-state index contributed by atoms with van der Waals surface area (Å²) in [5.41, 5.74) is 1.14. The molecule has 1 fully saturated rings. The predicted molar refractivity (Wildman–Crippen MR) is 111 cm³/mol. The van der Waals surface area contributed by atoms with Crippen molar-refractivity contribution in [1.29, 1.82) is 0 Å². The molecule has 1 heterocycles. The van der Waals surface area contributed by atoms with Gasteiger partial charge in [-0.15, -0.1) is 0 Å². The second-order valence-electron chi connectivity index (χ2n) is 6.90. The number of anilines is 1. The molecule has 1 aliphatic rings. The molecule has 0 saturated carbocycles. The number of halogens is 2. The van der Waals surface area contributed by atoms with Gasteiger partial charge >= 0.3 is 0 Å². The number of benzene rings is 2. The summed E-state index contributed by atoms with van der Waals surface area (Å²) in [6.07, 6.45) is 0. The largest absolute Gasteiger partial charge is 0.497 e. The molecule has 0 spiro atoms. The first kappa shape index (κ1) is 21.4. The molecule has 29 heavy (non-hydrogen) atoms. The lowest BCUT2D eigenvalue weighted by molar-refractivity contribution is -0.117. The maximum absolute atomic E-state index is 14.0. The first-order valence-electron chi connectivity index (χ1n) is 9.39. The average Bonchev–Trinajstić information content (AvgIpc) is 2.71. The Morgan fingerprint density at radius 3 is 2.28 bits per heavy atom. The number of nitrogens with one attached hydrogen (secondary N) is 1. The quantitative estimate of drug-likeness (QED) is 0.743. The van der Waals surface area contributed by atoms with Gasteiger partial charge in [0.2, 0.25) is 5.91 Å². The number of carbonyl (C=O) groups excluding carboxylic acids is 1. The number of ether oxygens (including phenoxy) is 2. The lowest BCUT2D eigenvalue weighted by Crippen LogP contribution is -2.48. The fourth-order valence-electron chi connectivity index (χ4n) is 3.30. The summed E-state index contributed by atoms with van der Waals surface area (Å²) in [5.74, 6) is 0.832. The zero-order valence-corrected chi connectivity index (χ0v) is 17.3. The van der Waals surface area contributed by atoms with Gasteiger partial charge in [0.15, 0.2) is 0 Å². The zero-order valence-electron chi connectivity index (χ0n) is 16.6.